The second-order valence-corrected chi connectivity index (χ2v) is 4.74. The smallest absolute Gasteiger partial charge is 0.338 e. The number of ether oxygens (including phenoxy) is 1. The fourth-order valence-corrected chi connectivity index (χ4v) is 2.01. The van der Waals surface area contributed by atoms with Crippen LogP contribution in [0.5, 0.6) is 0 Å². The number of unbranched alkanes of at least 4 members (excludes halogenated alkanes) is 1. The zero-order chi connectivity index (χ0) is 15.8. The van der Waals surface area contributed by atoms with Crippen LogP contribution in [0.15, 0.2) is 18.2 Å². The lowest BCUT2D eigenvalue weighted by Gasteiger charge is -2.25. The molecule has 0 unspecified atom stereocenters. The Labute approximate surface area is 125 Å². The molecule has 4 N–H and O–H groups in total. The maximum atomic E-state index is 11.7. The number of esters is 1. The molecule has 0 aliphatic heterocycles. The van der Waals surface area contributed by atoms with Gasteiger partial charge in [-0.1, -0.05) is 13.3 Å². The van der Waals surface area contributed by atoms with E-state index in [0.29, 0.717) is 30.1 Å². The first-order chi connectivity index (χ1) is 9.99. The van der Waals surface area contributed by atoms with Gasteiger partial charge in [-0.15, -0.1) is 0 Å². The third kappa shape index (κ3) is 4.98. The van der Waals surface area contributed by atoms with E-state index in [-0.39, 0.29) is 6.54 Å². The van der Waals surface area contributed by atoms with Gasteiger partial charge in [0.2, 0.25) is 5.91 Å². The first-order valence-corrected chi connectivity index (χ1v) is 7.09. The minimum atomic E-state index is -0.417. The molecule has 0 aromatic heterocycles. The standard InChI is InChI=1S/C15H23N3O3/c1-3-5-8-18(10-14(17)19)13-7-6-11(9-12(13)16)15(20)21-4-2/h6-7,9H,3-5,8,10,16H2,1-2H3,(H2,17,19). The van der Waals surface area contributed by atoms with Crippen molar-refractivity contribution >= 4 is 23.3 Å². The van der Waals surface area contributed by atoms with Gasteiger partial charge in [-0.25, -0.2) is 4.79 Å². The van der Waals surface area contributed by atoms with E-state index in [9.17, 15) is 9.59 Å². The van der Waals surface area contributed by atoms with Crippen molar-refractivity contribution in [3.05, 3.63) is 23.8 Å². The predicted molar refractivity (Wildman–Crippen MR) is 83.1 cm³/mol. The maximum absolute atomic E-state index is 11.7. The lowest BCUT2D eigenvalue weighted by Crippen LogP contribution is -2.35. The summed E-state index contributed by atoms with van der Waals surface area (Å²) >= 11 is 0. The van der Waals surface area contributed by atoms with E-state index in [1.807, 2.05) is 4.90 Å². The molecule has 0 fully saturated rings. The van der Waals surface area contributed by atoms with E-state index in [2.05, 4.69) is 6.92 Å². The summed E-state index contributed by atoms with van der Waals surface area (Å²) in [5, 5.41) is 0. The van der Waals surface area contributed by atoms with Gasteiger partial charge in [0.05, 0.1) is 30.1 Å². The summed E-state index contributed by atoms with van der Waals surface area (Å²) in [5.41, 5.74) is 12.8. The highest BCUT2D eigenvalue weighted by Crippen LogP contribution is 2.25. The van der Waals surface area contributed by atoms with Gasteiger partial charge in [-0.05, 0) is 31.5 Å². The highest BCUT2D eigenvalue weighted by atomic mass is 16.5. The van der Waals surface area contributed by atoms with Gasteiger partial charge < -0.3 is 21.1 Å². The van der Waals surface area contributed by atoms with Crippen LogP contribution in [0, 0.1) is 0 Å². The van der Waals surface area contributed by atoms with Crippen molar-refractivity contribution in [2.75, 3.05) is 30.3 Å². The molecule has 6 heteroatoms. The summed E-state index contributed by atoms with van der Waals surface area (Å²) in [4.78, 5) is 24.7. The molecule has 1 amide bonds. The molecule has 0 radical (unpaired) electrons. The summed E-state index contributed by atoms with van der Waals surface area (Å²) < 4.78 is 4.93. The van der Waals surface area contributed by atoms with Gasteiger partial charge in [-0.2, -0.15) is 0 Å². The number of nitrogens with two attached hydrogens (primary N) is 2. The van der Waals surface area contributed by atoms with E-state index in [0.717, 1.165) is 12.8 Å². The van der Waals surface area contributed by atoms with Crippen molar-refractivity contribution in [1.29, 1.82) is 0 Å². The van der Waals surface area contributed by atoms with Gasteiger partial charge in [-0.3, -0.25) is 4.79 Å². The van der Waals surface area contributed by atoms with Crippen LogP contribution in [0.2, 0.25) is 0 Å². The average Bonchev–Trinajstić information content (AvgIpc) is 2.43. The molecule has 1 aromatic rings. The predicted octanol–water partition coefficient (Wildman–Crippen LogP) is 1.54. The number of rotatable bonds is 8. The summed E-state index contributed by atoms with van der Waals surface area (Å²) in [6, 6.07) is 4.93. The molecule has 0 aliphatic rings. The number of hydrogen-bond donors (Lipinski definition) is 2. The number of carbonyl (C=O) groups excluding carboxylic acids is 2. The molecule has 116 valence electrons. The number of benzene rings is 1. The first-order valence-electron chi connectivity index (χ1n) is 7.09. The SMILES string of the molecule is CCCCN(CC(N)=O)c1ccc(C(=O)OCC)cc1N. The fourth-order valence-electron chi connectivity index (χ4n) is 2.01. The molecule has 1 aromatic carbocycles. The van der Waals surface area contributed by atoms with Gasteiger partial charge in [0.1, 0.15) is 0 Å². The van der Waals surface area contributed by atoms with E-state index in [1.165, 1.54) is 0 Å². The molecule has 1 rings (SSSR count). The first kappa shape index (κ1) is 16.8. The second kappa shape index (κ2) is 8.14. The van der Waals surface area contributed by atoms with Crippen molar-refractivity contribution in [3.63, 3.8) is 0 Å². The van der Waals surface area contributed by atoms with E-state index < -0.39 is 11.9 Å². The van der Waals surface area contributed by atoms with Crippen molar-refractivity contribution in [3.8, 4) is 0 Å². The largest absolute Gasteiger partial charge is 0.462 e. The molecular formula is C15H23N3O3. The van der Waals surface area contributed by atoms with Crippen LogP contribution in [0.1, 0.15) is 37.0 Å². The molecule has 6 nitrogen and oxygen atoms in total. The van der Waals surface area contributed by atoms with Crippen LogP contribution in [0.4, 0.5) is 11.4 Å². The van der Waals surface area contributed by atoms with E-state index in [1.54, 1.807) is 25.1 Å². The summed E-state index contributed by atoms with van der Waals surface area (Å²) in [5.74, 6) is -0.828. The quantitative estimate of drug-likeness (QED) is 0.559. The molecule has 0 aliphatic carbocycles. The number of nitrogen functional groups attached to an aromatic ring is 1. The summed E-state index contributed by atoms with van der Waals surface area (Å²) in [6.45, 7) is 4.90. The van der Waals surface area contributed by atoms with Gasteiger partial charge in [0.15, 0.2) is 0 Å². The Morgan fingerprint density at radius 3 is 2.52 bits per heavy atom. The molecular weight excluding hydrogens is 270 g/mol. The van der Waals surface area contributed by atoms with Gasteiger partial charge >= 0.3 is 5.97 Å². The van der Waals surface area contributed by atoms with Crippen LogP contribution in [-0.4, -0.2) is 31.6 Å². The fraction of sp³-hybridized carbons (Fsp3) is 0.467. The van der Waals surface area contributed by atoms with Crippen molar-refractivity contribution in [1.82, 2.24) is 0 Å². The number of hydrogen-bond acceptors (Lipinski definition) is 5. The molecule has 0 heterocycles. The molecule has 0 atom stereocenters. The Morgan fingerprint density at radius 1 is 1.29 bits per heavy atom. The lowest BCUT2D eigenvalue weighted by atomic mass is 10.1. The Morgan fingerprint density at radius 2 is 2.00 bits per heavy atom. The van der Waals surface area contributed by atoms with Crippen LogP contribution < -0.4 is 16.4 Å². The summed E-state index contributed by atoms with van der Waals surface area (Å²) in [6.07, 6.45) is 1.92. The topological polar surface area (TPSA) is 98.6 Å². The number of carbonyl (C=O) groups is 2. The van der Waals surface area contributed by atoms with Crippen LogP contribution in [-0.2, 0) is 9.53 Å². The zero-order valence-electron chi connectivity index (χ0n) is 12.6. The Bertz CT molecular complexity index is 503. The third-order valence-corrected chi connectivity index (χ3v) is 3.01. The normalized spacial score (nSPS) is 10.2. The van der Waals surface area contributed by atoms with E-state index >= 15 is 0 Å². The van der Waals surface area contributed by atoms with Crippen molar-refractivity contribution in [2.45, 2.75) is 26.7 Å². The monoisotopic (exact) mass is 293 g/mol. The molecule has 0 saturated heterocycles. The van der Waals surface area contributed by atoms with Crippen molar-refractivity contribution in [2.24, 2.45) is 5.73 Å². The third-order valence-electron chi connectivity index (χ3n) is 3.01. The van der Waals surface area contributed by atoms with Crippen LogP contribution >= 0.6 is 0 Å². The summed E-state index contributed by atoms with van der Waals surface area (Å²) in [7, 11) is 0. The van der Waals surface area contributed by atoms with Gasteiger partial charge in [0, 0.05) is 6.54 Å². The molecule has 0 saturated carbocycles. The number of nitrogens with zero attached hydrogens (tertiary/aromatic N) is 1. The Hall–Kier alpha value is -2.24. The highest BCUT2D eigenvalue weighted by molar-refractivity contribution is 5.92. The maximum Gasteiger partial charge on any atom is 0.338 e. The second-order valence-electron chi connectivity index (χ2n) is 4.74. The zero-order valence-corrected chi connectivity index (χ0v) is 12.6. The number of amides is 1. The van der Waals surface area contributed by atoms with E-state index in [4.69, 9.17) is 16.2 Å². The minimum Gasteiger partial charge on any atom is -0.462 e. The Balaban J connectivity index is 2.98. The van der Waals surface area contributed by atoms with Crippen molar-refractivity contribution < 1.29 is 14.3 Å². The average molecular weight is 293 g/mol. The Kier molecular flexibility index (Phi) is 6.52. The minimum absolute atomic E-state index is 0.100. The van der Waals surface area contributed by atoms with Crippen LogP contribution in [0.25, 0.3) is 0 Å². The van der Waals surface area contributed by atoms with Gasteiger partial charge in [0.25, 0.3) is 0 Å². The number of primary amides is 1. The lowest BCUT2D eigenvalue weighted by molar-refractivity contribution is -0.116. The highest BCUT2D eigenvalue weighted by Gasteiger charge is 2.14. The molecule has 0 spiro atoms. The van der Waals surface area contributed by atoms with Crippen LogP contribution in [0.3, 0.4) is 0 Å². The number of anilines is 2. The molecule has 0 bridgehead atoms. The molecule has 21 heavy (non-hydrogen) atoms.